The van der Waals surface area contributed by atoms with Crippen LogP contribution < -0.4 is 5.32 Å². The second kappa shape index (κ2) is 9.22. The summed E-state index contributed by atoms with van der Waals surface area (Å²) in [5.74, 6) is 1.27. The number of nitrogens with zero attached hydrogens (tertiary/aromatic N) is 4. The highest BCUT2D eigenvalue weighted by atomic mass is 32.2. The molecule has 11 heteroatoms. The minimum atomic E-state index is -3.06. The highest BCUT2D eigenvalue weighted by Gasteiger charge is 2.34. The Hall–Kier alpha value is -2.40. The summed E-state index contributed by atoms with van der Waals surface area (Å²) in [7, 11) is -3.06. The lowest BCUT2D eigenvalue weighted by Crippen LogP contribution is -2.42. The maximum absolute atomic E-state index is 12.9. The fourth-order valence-corrected chi connectivity index (χ4v) is 6.59. The van der Waals surface area contributed by atoms with E-state index in [1.165, 1.54) is 18.7 Å². The van der Waals surface area contributed by atoms with Crippen LogP contribution in [0.15, 0.2) is 29.4 Å². The Balaban J connectivity index is 1.53. The summed E-state index contributed by atoms with van der Waals surface area (Å²) in [4.78, 5) is 26.0. The lowest BCUT2D eigenvalue weighted by molar-refractivity contribution is -0.130. The molecule has 2 amide bonds. The van der Waals surface area contributed by atoms with Crippen molar-refractivity contribution in [3.05, 3.63) is 30.1 Å². The van der Waals surface area contributed by atoms with E-state index in [1.54, 1.807) is 4.90 Å². The molecule has 172 valence electrons. The highest BCUT2D eigenvalue weighted by Crippen LogP contribution is 2.41. The van der Waals surface area contributed by atoms with E-state index in [1.807, 2.05) is 35.8 Å². The van der Waals surface area contributed by atoms with Gasteiger partial charge in [-0.15, -0.1) is 10.2 Å². The smallest absolute Gasteiger partial charge is 0.233 e. The van der Waals surface area contributed by atoms with E-state index in [-0.39, 0.29) is 35.1 Å². The van der Waals surface area contributed by atoms with Crippen LogP contribution in [-0.2, 0) is 19.4 Å². The van der Waals surface area contributed by atoms with Crippen molar-refractivity contribution in [1.29, 1.82) is 0 Å². The third-order valence-electron chi connectivity index (χ3n) is 5.66. The van der Waals surface area contributed by atoms with Crippen LogP contribution in [0.25, 0.3) is 5.69 Å². The van der Waals surface area contributed by atoms with E-state index in [0.717, 1.165) is 24.4 Å². The number of hydrogen-bond acceptors (Lipinski definition) is 7. The van der Waals surface area contributed by atoms with Gasteiger partial charge in [0.1, 0.15) is 5.82 Å². The van der Waals surface area contributed by atoms with Gasteiger partial charge < -0.3 is 10.2 Å². The number of aromatic nitrogens is 3. The van der Waals surface area contributed by atoms with Crippen molar-refractivity contribution < 1.29 is 18.0 Å². The standard InChI is InChI=1S/C21H27N5O4S2/c1-3-25(18-9-10-32(29,30)13-18)19(28)12-31-21-24-23-20(15-7-8-15)26(21)17-6-4-5-16(11-17)22-14(2)27/h4-6,11,15,18H,3,7-10,12-13H2,1-2H3,(H,22,27). The Morgan fingerprint density at radius 2 is 2.03 bits per heavy atom. The van der Waals surface area contributed by atoms with Crippen molar-refractivity contribution >= 4 is 39.1 Å². The molecule has 0 spiro atoms. The van der Waals surface area contributed by atoms with Gasteiger partial charge in [-0.1, -0.05) is 17.8 Å². The Morgan fingerprint density at radius 3 is 2.66 bits per heavy atom. The van der Waals surface area contributed by atoms with E-state index in [4.69, 9.17) is 0 Å². The van der Waals surface area contributed by atoms with Gasteiger partial charge in [-0.05, 0) is 44.4 Å². The monoisotopic (exact) mass is 477 g/mol. The van der Waals surface area contributed by atoms with E-state index >= 15 is 0 Å². The molecule has 2 aromatic rings. The number of nitrogens with one attached hydrogen (secondary N) is 1. The second-order valence-electron chi connectivity index (χ2n) is 8.21. The first-order valence-electron chi connectivity index (χ1n) is 10.7. The quantitative estimate of drug-likeness (QED) is 0.580. The number of anilines is 1. The lowest BCUT2D eigenvalue weighted by atomic mass is 10.2. The van der Waals surface area contributed by atoms with E-state index < -0.39 is 9.84 Å². The molecule has 1 saturated heterocycles. The minimum absolute atomic E-state index is 0.0369. The number of carbonyl (C=O) groups excluding carboxylic acids is 2. The van der Waals surface area contributed by atoms with Crippen LogP contribution in [0.5, 0.6) is 0 Å². The largest absolute Gasteiger partial charge is 0.338 e. The number of sulfone groups is 1. The van der Waals surface area contributed by atoms with Gasteiger partial charge in [0.25, 0.3) is 0 Å². The van der Waals surface area contributed by atoms with Gasteiger partial charge in [0, 0.05) is 31.1 Å². The molecule has 2 fully saturated rings. The predicted octanol–water partition coefficient (Wildman–Crippen LogP) is 2.23. The Morgan fingerprint density at radius 1 is 1.25 bits per heavy atom. The van der Waals surface area contributed by atoms with Gasteiger partial charge in [-0.3, -0.25) is 14.2 Å². The summed E-state index contributed by atoms with van der Waals surface area (Å²) in [6.07, 6.45) is 2.59. The molecular formula is C21H27N5O4S2. The number of rotatable bonds is 8. The third kappa shape index (κ3) is 5.15. The van der Waals surface area contributed by atoms with E-state index in [2.05, 4.69) is 15.5 Å². The van der Waals surface area contributed by atoms with E-state index in [0.29, 0.717) is 29.7 Å². The fraction of sp³-hybridized carbons (Fsp3) is 0.524. The van der Waals surface area contributed by atoms with Crippen molar-refractivity contribution in [1.82, 2.24) is 19.7 Å². The van der Waals surface area contributed by atoms with Crippen molar-refractivity contribution in [3.8, 4) is 5.69 Å². The Bertz CT molecular complexity index is 1130. The maximum Gasteiger partial charge on any atom is 0.233 e. The second-order valence-corrected chi connectivity index (χ2v) is 11.4. The highest BCUT2D eigenvalue weighted by molar-refractivity contribution is 7.99. The van der Waals surface area contributed by atoms with Gasteiger partial charge in [-0.25, -0.2) is 8.42 Å². The molecular weight excluding hydrogens is 450 g/mol. The van der Waals surface area contributed by atoms with Crippen molar-refractivity contribution in [2.45, 2.75) is 50.2 Å². The molecule has 4 rings (SSSR count). The van der Waals surface area contributed by atoms with Gasteiger partial charge in [-0.2, -0.15) is 0 Å². The van der Waals surface area contributed by atoms with Gasteiger partial charge >= 0.3 is 0 Å². The molecule has 1 aliphatic heterocycles. The van der Waals surface area contributed by atoms with Crippen LogP contribution in [-0.4, -0.2) is 69.7 Å². The molecule has 0 radical (unpaired) electrons. The van der Waals surface area contributed by atoms with Crippen LogP contribution in [0.3, 0.4) is 0 Å². The Labute approximate surface area is 191 Å². The van der Waals surface area contributed by atoms with Gasteiger partial charge in [0.2, 0.25) is 11.8 Å². The van der Waals surface area contributed by atoms with Crippen LogP contribution in [0.2, 0.25) is 0 Å². The van der Waals surface area contributed by atoms with Crippen molar-refractivity contribution in [2.75, 3.05) is 29.1 Å². The molecule has 1 atom stereocenters. The van der Waals surface area contributed by atoms with Crippen LogP contribution in [0, 0.1) is 0 Å². The number of carbonyl (C=O) groups is 2. The number of thioether (sulfide) groups is 1. The zero-order valence-electron chi connectivity index (χ0n) is 18.2. The molecule has 1 saturated carbocycles. The van der Waals surface area contributed by atoms with Crippen LogP contribution in [0.1, 0.15) is 44.9 Å². The first-order chi connectivity index (χ1) is 15.3. The molecule has 1 aromatic heterocycles. The normalized spacial score (nSPS) is 19.6. The summed E-state index contributed by atoms with van der Waals surface area (Å²) >= 11 is 1.30. The predicted molar refractivity (Wildman–Crippen MR) is 123 cm³/mol. The molecule has 9 nitrogen and oxygen atoms in total. The zero-order chi connectivity index (χ0) is 22.9. The minimum Gasteiger partial charge on any atom is -0.338 e. The average Bonchev–Trinajstić information content (AvgIpc) is 3.39. The number of amides is 2. The molecule has 1 N–H and O–H groups in total. The van der Waals surface area contributed by atoms with Crippen LogP contribution in [0.4, 0.5) is 5.69 Å². The third-order valence-corrected chi connectivity index (χ3v) is 8.32. The number of benzene rings is 1. The lowest BCUT2D eigenvalue weighted by Gasteiger charge is -2.26. The van der Waals surface area contributed by atoms with Crippen molar-refractivity contribution in [2.24, 2.45) is 0 Å². The molecule has 1 aromatic carbocycles. The molecule has 1 unspecified atom stereocenters. The SMILES string of the molecule is CCN(C(=O)CSc1nnc(C2CC2)n1-c1cccc(NC(C)=O)c1)C1CCS(=O)(=O)C1. The van der Waals surface area contributed by atoms with E-state index in [9.17, 15) is 18.0 Å². The fourth-order valence-electron chi connectivity index (χ4n) is 4.02. The average molecular weight is 478 g/mol. The van der Waals surface area contributed by atoms with Crippen LogP contribution >= 0.6 is 11.8 Å². The first kappa shape index (κ1) is 22.8. The zero-order valence-corrected chi connectivity index (χ0v) is 19.8. The maximum atomic E-state index is 12.9. The van der Waals surface area contributed by atoms with Gasteiger partial charge in [0.05, 0.1) is 22.9 Å². The molecule has 2 aliphatic rings. The molecule has 0 bridgehead atoms. The summed E-state index contributed by atoms with van der Waals surface area (Å²) in [5, 5.41) is 12.1. The summed E-state index contributed by atoms with van der Waals surface area (Å²) in [5.41, 5.74) is 1.50. The molecule has 1 aliphatic carbocycles. The number of hydrogen-bond donors (Lipinski definition) is 1. The van der Waals surface area contributed by atoms with Crippen molar-refractivity contribution in [3.63, 3.8) is 0 Å². The summed E-state index contributed by atoms with van der Waals surface area (Å²) in [6, 6.07) is 7.21. The van der Waals surface area contributed by atoms with Gasteiger partial charge in [0.15, 0.2) is 15.0 Å². The topological polar surface area (TPSA) is 114 Å². The molecule has 2 heterocycles. The summed E-state index contributed by atoms with van der Waals surface area (Å²) < 4.78 is 25.6. The summed E-state index contributed by atoms with van der Waals surface area (Å²) in [6.45, 7) is 3.80. The first-order valence-corrected chi connectivity index (χ1v) is 13.5. The molecule has 32 heavy (non-hydrogen) atoms. The Kier molecular flexibility index (Phi) is 6.57.